The molecule has 0 aromatic carbocycles. The van der Waals surface area contributed by atoms with E-state index in [0.29, 0.717) is 6.61 Å². The summed E-state index contributed by atoms with van der Waals surface area (Å²) in [5, 5.41) is 0. The second kappa shape index (κ2) is 7.94. The van der Waals surface area contributed by atoms with E-state index in [9.17, 15) is 0 Å². The molecule has 1 aromatic rings. The van der Waals surface area contributed by atoms with E-state index in [1.165, 1.54) is 18.6 Å². The fourth-order valence-corrected chi connectivity index (χ4v) is 1.97. The minimum Gasteiger partial charge on any atom is -0.467 e. The third kappa shape index (κ3) is 5.35. The van der Waals surface area contributed by atoms with E-state index >= 15 is 0 Å². The zero-order chi connectivity index (χ0) is 10.1. The lowest BCUT2D eigenvalue weighted by atomic mass is 10.4. The van der Waals surface area contributed by atoms with Gasteiger partial charge in [0.05, 0.1) is 12.9 Å². The molecule has 0 saturated heterocycles. The average Bonchev–Trinajstić information content (AvgIpc) is 2.69. The van der Waals surface area contributed by atoms with Crippen molar-refractivity contribution in [2.75, 3.05) is 18.1 Å². The lowest BCUT2D eigenvalue weighted by Gasteiger charge is -2.01. The molecular weight excluding hydrogens is 196 g/mol. The van der Waals surface area contributed by atoms with Crippen LogP contribution in [0.1, 0.15) is 25.5 Å². The van der Waals surface area contributed by atoms with Crippen LogP contribution in [-0.2, 0) is 11.3 Å². The van der Waals surface area contributed by atoms with E-state index < -0.39 is 0 Å². The van der Waals surface area contributed by atoms with Gasteiger partial charge in [0.15, 0.2) is 0 Å². The summed E-state index contributed by atoms with van der Waals surface area (Å²) in [6.07, 6.45) is 4.26. The zero-order valence-corrected chi connectivity index (χ0v) is 9.52. The molecule has 0 unspecified atom stereocenters. The molecule has 0 spiro atoms. The van der Waals surface area contributed by atoms with E-state index in [1.54, 1.807) is 6.26 Å². The molecule has 0 amide bonds. The van der Waals surface area contributed by atoms with Crippen molar-refractivity contribution in [1.29, 1.82) is 0 Å². The van der Waals surface area contributed by atoms with Crippen molar-refractivity contribution in [3.63, 3.8) is 0 Å². The molecule has 1 rings (SSSR count). The van der Waals surface area contributed by atoms with Crippen molar-refractivity contribution >= 4 is 11.8 Å². The molecule has 0 aliphatic rings. The quantitative estimate of drug-likeness (QED) is 0.620. The Hall–Kier alpha value is -0.410. The lowest BCUT2D eigenvalue weighted by Crippen LogP contribution is -1.97. The normalized spacial score (nSPS) is 10.6. The molecule has 1 heterocycles. The molecule has 80 valence electrons. The minimum atomic E-state index is 0.599. The summed E-state index contributed by atoms with van der Waals surface area (Å²) in [6.45, 7) is 3.63. The van der Waals surface area contributed by atoms with Gasteiger partial charge < -0.3 is 9.15 Å². The van der Waals surface area contributed by atoms with Crippen LogP contribution >= 0.6 is 11.8 Å². The summed E-state index contributed by atoms with van der Waals surface area (Å²) in [7, 11) is 0. The second-order valence-electron chi connectivity index (χ2n) is 3.10. The van der Waals surface area contributed by atoms with Crippen molar-refractivity contribution in [2.24, 2.45) is 0 Å². The number of ether oxygens (including phenoxy) is 1. The predicted molar refractivity (Wildman–Crippen MR) is 60.6 cm³/mol. The highest BCUT2D eigenvalue weighted by Crippen LogP contribution is 2.05. The molecule has 14 heavy (non-hydrogen) atoms. The van der Waals surface area contributed by atoms with Gasteiger partial charge in [0.2, 0.25) is 0 Å². The standard InChI is InChI=1S/C11H18O2S/c1-2-3-8-14-9-7-12-10-11-5-4-6-13-11/h4-6H,2-3,7-10H2,1H3. The minimum absolute atomic E-state index is 0.599. The van der Waals surface area contributed by atoms with Gasteiger partial charge in [0, 0.05) is 5.75 Å². The predicted octanol–water partition coefficient (Wildman–Crippen LogP) is 3.33. The van der Waals surface area contributed by atoms with Crippen LogP contribution in [0.5, 0.6) is 0 Å². The molecule has 1 aromatic heterocycles. The van der Waals surface area contributed by atoms with Crippen LogP contribution < -0.4 is 0 Å². The molecular formula is C11H18O2S. The van der Waals surface area contributed by atoms with Gasteiger partial charge in [-0.3, -0.25) is 0 Å². The molecule has 2 nitrogen and oxygen atoms in total. The van der Waals surface area contributed by atoms with Crippen LogP contribution in [0.4, 0.5) is 0 Å². The monoisotopic (exact) mass is 214 g/mol. The van der Waals surface area contributed by atoms with Crippen LogP contribution in [0, 0.1) is 0 Å². The smallest absolute Gasteiger partial charge is 0.129 e. The first kappa shape index (κ1) is 11.7. The van der Waals surface area contributed by atoms with Crippen LogP contribution in [0.3, 0.4) is 0 Å². The summed E-state index contributed by atoms with van der Waals surface area (Å²) in [5.41, 5.74) is 0. The van der Waals surface area contributed by atoms with Gasteiger partial charge in [-0.05, 0) is 24.3 Å². The third-order valence-corrected chi connectivity index (χ3v) is 2.87. The lowest BCUT2D eigenvalue weighted by molar-refractivity contribution is 0.120. The van der Waals surface area contributed by atoms with E-state index in [-0.39, 0.29) is 0 Å². The number of furan rings is 1. The van der Waals surface area contributed by atoms with E-state index in [2.05, 4.69) is 6.92 Å². The third-order valence-electron chi connectivity index (χ3n) is 1.84. The summed E-state index contributed by atoms with van der Waals surface area (Å²) < 4.78 is 10.6. The fraction of sp³-hybridized carbons (Fsp3) is 0.636. The first-order valence-electron chi connectivity index (χ1n) is 5.11. The van der Waals surface area contributed by atoms with Crippen molar-refractivity contribution in [3.05, 3.63) is 24.2 Å². The molecule has 0 aliphatic heterocycles. The molecule has 0 saturated carbocycles. The van der Waals surface area contributed by atoms with Crippen LogP contribution in [-0.4, -0.2) is 18.1 Å². The summed E-state index contributed by atoms with van der Waals surface area (Å²) >= 11 is 1.96. The number of hydrogen-bond acceptors (Lipinski definition) is 3. The largest absolute Gasteiger partial charge is 0.467 e. The molecule has 0 atom stereocenters. The Labute approximate surface area is 90.0 Å². The Kier molecular flexibility index (Phi) is 6.62. The Morgan fingerprint density at radius 2 is 2.36 bits per heavy atom. The SMILES string of the molecule is CCCCSCCOCc1ccco1. The molecule has 3 heteroatoms. The van der Waals surface area contributed by atoms with E-state index in [4.69, 9.17) is 9.15 Å². The number of hydrogen-bond donors (Lipinski definition) is 0. The van der Waals surface area contributed by atoms with Gasteiger partial charge in [0.25, 0.3) is 0 Å². The zero-order valence-electron chi connectivity index (χ0n) is 8.70. The van der Waals surface area contributed by atoms with Gasteiger partial charge in [-0.2, -0.15) is 11.8 Å². The Balaban J connectivity index is 1.85. The van der Waals surface area contributed by atoms with Gasteiger partial charge in [-0.25, -0.2) is 0 Å². The van der Waals surface area contributed by atoms with Crippen molar-refractivity contribution < 1.29 is 9.15 Å². The van der Waals surface area contributed by atoms with Gasteiger partial charge >= 0.3 is 0 Å². The number of thioether (sulfide) groups is 1. The molecule has 0 aliphatic carbocycles. The number of rotatable bonds is 8. The first-order valence-corrected chi connectivity index (χ1v) is 6.27. The van der Waals surface area contributed by atoms with E-state index in [0.717, 1.165) is 18.1 Å². The Morgan fingerprint density at radius 3 is 3.07 bits per heavy atom. The topological polar surface area (TPSA) is 22.4 Å². The highest BCUT2D eigenvalue weighted by atomic mass is 32.2. The van der Waals surface area contributed by atoms with Crippen LogP contribution in [0.25, 0.3) is 0 Å². The maximum Gasteiger partial charge on any atom is 0.129 e. The second-order valence-corrected chi connectivity index (χ2v) is 4.32. The molecule has 0 N–H and O–H groups in total. The van der Waals surface area contributed by atoms with Gasteiger partial charge in [-0.1, -0.05) is 13.3 Å². The highest BCUT2D eigenvalue weighted by molar-refractivity contribution is 7.99. The average molecular weight is 214 g/mol. The van der Waals surface area contributed by atoms with Gasteiger partial charge in [0.1, 0.15) is 12.4 Å². The van der Waals surface area contributed by atoms with Crippen LogP contribution in [0.15, 0.2) is 22.8 Å². The van der Waals surface area contributed by atoms with Crippen molar-refractivity contribution in [3.8, 4) is 0 Å². The summed E-state index contributed by atoms with van der Waals surface area (Å²) in [5.74, 6) is 3.24. The highest BCUT2D eigenvalue weighted by Gasteiger charge is 1.95. The van der Waals surface area contributed by atoms with Crippen LogP contribution in [0.2, 0.25) is 0 Å². The summed E-state index contributed by atoms with van der Waals surface area (Å²) in [4.78, 5) is 0. The Morgan fingerprint density at radius 1 is 1.43 bits per heavy atom. The molecule has 0 radical (unpaired) electrons. The summed E-state index contributed by atoms with van der Waals surface area (Å²) in [6, 6.07) is 3.82. The van der Waals surface area contributed by atoms with Crippen molar-refractivity contribution in [2.45, 2.75) is 26.4 Å². The molecule has 0 bridgehead atoms. The maximum absolute atomic E-state index is 5.44. The van der Waals surface area contributed by atoms with Crippen molar-refractivity contribution in [1.82, 2.24) is 0 Å². The fourth-order valence-electron chi connectivity index (χ4n) is 1.03. The maximum atomic E-state index is 5.44. The van der Waals surface area contributed by atoms with E-state index in [1.807, 2.05) is 23.9 Å². The molecule has 0 fully saturated rings. The number of unbranched alkanes of at least 4 members (excludes halogenated alkanes) is 1. The Bertz CT molecular complexity index is 209. The van der Waals surface area contributed by atoms with Gasteiger partial charge in [-0.15, -0.1) is 0 Å². The first-order chi connectivity index (χ1) is 6.93.